The summed E-state index contributed by atoms with van der Waals surface area (Å²) in [5.74, 6) is -0.0174. The lowest BCUT2D eigenvalue weighted by Crippen LogP contribution is -2.50. The van der Waals surface area contributed by atoms with Crippen LogP contribution in [0.15, 0.2) is 60.7 Å². The molecule has 0 atom stereocenters. The number of hydrogen-bond acceptors (Lipinski definition) is 3. The molecule has 1 aliphatic rings. The van der Waals surface area contributed by atoms with Crippen LogP contribution in [0, 0.1) is 0 Å². The Balaban J connectivity index is 1.30. The van der Waals surface area contributed by atoms with Crippen LogP contribution in [0.5, 0.6) is 0 Å². The van der Waals surface area contributed by atoms with Gasteiger partial charge in [0.15, 0.2) is 0 Å². The average Bonchev–Trinajstić information content (AvgIpc) is 3.13. The van der Waals surface area contributed by atoms with E-state index in [4.69, 9.17) is 0 Å². The van der Waals surface area contributed by atoms with Crippen molar-refractivity contribution < 1.29 is 9.59 Å². The van der Waals surface area contributed by atoms with Gasteiger partial charge in [0.05, 0.1) is 6.54 Å². The van der Waals surface area contributed by atoms with Crippen LogP contribution < -0.4 is 5.32 Å². The first-order chi connectivity index (χ1) is 13.2. The Hall–Kier alpha value is -3.12. The maximum atomic E-state index is 12.7. The summed E-state index contributed by atoms with van der Waals surface area (Å²) in [6, 6.07) is 19.2. The summed E-state index contributed by atoms with van der Waals surface area (Å²) in [6.07, 6.45) is 0. The number of carbonyl (C=O) groups excluding carboxylic acids is 2. The third-order valence-corrected chi connectivity index (χ3v) is 4.84. The van der Waals surface area contributed by atoms with Gasteiger partial charge in [0.25, 0.3) is 5.91 Å². The van der Waals surface area contributed by atoms with E-state index in [1.54, 1.807) is 0 Å². The van der Waals surface area contributed by atoms with Crippen molar-refractivity contribution >= 4 is 28.4 Å². The predicted octanol–water partition coefficient (Wildman–Crippen LogP) is 2.56. The fourth-order valence-corrected chi connectivity index (χ4v) is 3.39. The first kappa shape index (κ1) is 17.3. The van der Waals surface area contributed by atoms with Crippen molar-refractivity contribution in [2.45, 2.75) is 0 Å². The quantitative estimate of drug-likeness (QED) is 0.750. The lowest BCUT2D eigenvalue weighted by molar-refractivity contribution is -0.117. The molecular weight excluding hydrogens is 340 g/mol. The van der Waals surface area contributed by atoms with Crippen molar-refractivity contribution in [2.75, 3.05) is 38.0 Å². The number of H-pyrrole nitrogens is 1. The van der Waals surface area contributed by atoms with Gasteiger partial charge >= 0.3 is 0 Å². The number of carbonyl (C=O) groups is 2. The molecule has 0 bridgehead atoms. The van der Waals surface area contributed by atoms with Crippen molar-refractivity contribution in [3.8, 4) is 0 Å². The zero-order chi connectivity index (χ0) is 18.6. The molecule has 1 aromatic heterocycles. The second-order valence-corrected chi connectivity index (χ2v) is 6.75. The van der Waals surface area contributed by atoms with Crippen LogP contribution in [-0.4, -0.2) is 59.3 Å². The second kappa shape index (κ2) is 7.63. The summed E-state index contributed by atoms with van der Waals surface area (Å²) in [5, 5.41) is 3.94. The molecule has 2 N–H and O–H groups in total. The van der Waals surface area contributed by atoms with Crippen LogP contribution in [-0.2, 0) is 4.79 Å². The highest BCUT2D eigenvalue weighted by atomic mass is 16.2. The number of fused-ring (bicyclic) bond motifs is 1. The Labute approximate surface area is 157 Å². The van der Waals surface area contributed by atoms with Gasteiger partial charge in [-0.05, 0) is 24.3 Å². The van der Waals surface area contributed by atoms with Crippen LogP contribution >= 0.6 is 0 Å². The monoisotopic (exact) mass is 362 g/mol. The molecule has 6 heteroatoms. The number of anilines is 1. The van der Waals surface area contributed by atoms with E-state index < -0.39 is 0 Å². The van der Waals surface area contributed by atoms with E-state index in [-0.39, 0.29) is 11.8 Å². The van der Waals surface area contributed by atoms with Gasteiger partial charge in [-0.1, -0.05) is 36.4 Å². The van der Waals surface area contributed by atoms with Gasteiger partial charge in [-0.15, -0.1) is 0 Å². The van der Waals surface area contributed by atoms with Gasteiger partial charge in [0.1, 0.15) is 5.69 Å². The first-order valence-corrected chi connectivity index (χ1v) is 9.13. The minimum absolute atomic E-state index is 0.0135. The molecule has 0 aliphatic carbocycles. The molecule has 0 saturated carbocycles. The summed E-state index contributed by atoms with van der Waals surface area (Å²) in [6.45, 7) is 2.95. The van der Waals surface area contributed by atoms with Crippen molar-refractivity contribution in [3.63, 3.8) is 0 Å². The molecule has 2 heterocycles. The van der Waals surface area contributed by atoms with Crippen molar-refractivity contribution in [3.05, 3.63) is 66.4 Å². The Morgan fingerprint density at radius 3 is 2.37 bits per heavy atom. The lowest BCUT2D eigenvalue weighted by Gasteiger charge is -2.34. The molecule has 2 amide bonds. The minimum Gasteiger partial charge on any atom is -0.351 e. The van der Waals surface area contributed by atoms with E-state index in [1.165, 1.54) is 0 Å². The molecule has 27 heavy (non-hydrogen) atoms. The highest BCUT2D eigenvalue weighted by Gasteiger charge is 2.24. The number of aromatic amines is 1. The fraction of sp³-hybridized carbons (Fsp3) is 0.238. The number of aromatic nitrogens is 1. The number of benzene rings is 2. The lowest BCUT2D eigenvalue weighted by atomic mass is 10.2. The zero-order valence-electron chi connectivity index (χ0n) is 15.0. The van der Waals surface area contributed by atoms with E-state index in [9.17, 15) is 9.59 Å². The number of nitrogens with zero attached hydrogens (tertiary/aromatic N) is 2. The summed E-state index contributed by atoms with van der Waals surface area (Å²) in [7, 11) is 0. The molecule has 1 aliphatic heterocycles. The Bertz CT molecular complexity index is 910. The summed E-state index contributed by atoms with van der Waals surface area (Å²) in [4.78, 5) is 32.0. The SMILES string of the molecule is O=C(CN1CCN(C(=O)c2cc3ccccc3[nH]2)CC1)Nc1ccccc1. The molecule has 0 radical (unpaired) electrons. The molecule has 6 nitrogen and oxygen atoms in total. The highest BCUT2D eigenvalue weighted by molar-refractivity contribution is 5.98. The van der Waals surface area contributed by atoms with E-state index in [1.807, 2.05) is 65.6 Å². The van der Waals surface area contributed by atoms with Crippen molar-refractivity contribution in [2.24, 2.45) is 0 Å². The van der Waals surface area contributed by atoms with Crippen LogP contribution in [0.3, 0.4) is 0 Å². The molecule has 0 unspecified atom stereocenters. The highest BCUT2D eigenvalue weighted by Crippen LogP contribution is 2.17. The van der Waals surface area contributed by atoms with E-state index in [0.717, 1.165) is 16.6 Å². The molecule has 4 rings (SSSR count). The minimum atomic E-state index is -0.0309. The maximum absolute atomic E-state index is 12.7. The van der Waals surface area contributed by atoms with E-state index in [0.29, 0.717) is 38.4 Å². The molecule has 1 fully saturated rings. The molecule has 138 valence electrons. The number of nitrogens with one attached hydrogen (secondary N) is 2. The number of rotatable bonds is 4. The number of para-hydroxylation sites is 2. The van der Waals surface area contributed by atoms with Crippen molar-refractivity contribution in [1.82, 2.24) is 14.8 Å². The smallest absolute Gasteiger partial charge is 0.270 e. The summed E-state index contributed by atoms with van der Waals surface area (Å²) >= 11 is 0. The van der Waals surface area contributed by atoms with Crippen molar-refractivity contribution in [1.29, 1.82) is 0 Å². The summed E-state index contributed by atoms with van der Waals surface area (Å²) < 4.78 is 0. The average molecular weight is 362 g/mol. The van der Waals surface area contributed by atoms with Crippen LogP contribution in [0.4, 0.5) is 5.69 Å². The van der Waals surface area contributed by atoms with Gasteiger partial charge < -0.3 is 15.2 Å². The maximum Gasteiger partial charge on any atom is 0.270 e. The van der Waals surface area contributed by atoms with Gasteiger partial charge in [-0.3, -0.25) is 14.5 Å². The molecule has 2 aromatic carbocycles. The van der Waals surface area contributed by atoms with Crippen LogP contribution in [0.25, 0.3) is 10.9 Å². The zero-order valence-corrected chi connectivity index (χ0v) is 15.0. The topological polar surface area (TPSA) is 68.4 Å². The largest absolute Gasteiger partial charge is 0.351 e. The Kier molecular flexibility index (Phi) is 4.89. The van der Waals surface area contributed by atoms with Gasteiger partial charge in [0.2, 0.25) is 5.91 Å². The molecule has 1 saturated heterocycles. The van der Waals surface area contributed by atoms with E-state index >= 15 is 0 Å². The van der Waals surface area contributed by atoms with Crippen LogP contribution in [0.2, 0.25) is 0 Å². The standard InChI is InChI=1S/C21H22N4O2/c26-20(22-17-7-2-1-3-8-17)15-24-10-12-25(13-11-24)21(27)19-14-16-6-4-5-9-18(16)23-19/h1-9,14,23H,10-13,15H2,(H,22,26). The number of amides is 2. The van der Waals surface area contributed by atoms with Gasteiger partial charge in [-0.2, -0.15) is 0 Å². The third kappa shape index (κ3) is 4.01. The van der Waals surface area contributed by atoms with E-state index in [2.05, 4.69) is 15.2 Å². The van der Waals surface area contributed by atoms with Crippen LogP contribution in [0.1, 0.15) is 10.5 Å². The predicted molar refractivity (Wildman–Crippen MR) is 106 cm³/mol. The fourth-order valence-electron chi connectivity index (χ4n) is 3.39. The number of hydrogen-bond donors (Lipinski definition) is 2. The number of piperazine rings is 1. The van der Waals surface area contributed by atoms with Gasteiger partial charge in [-0.25, -0.2) is 0 Å². The molecule has 0 spiro atoms. The van der Waals surface area contributed by atoms with Gasteiger partial charge in [0, 0.05) is 42.8 Å². The summed E-state index contributed by atoms with van der Waals surface area (Å²) in [5.41, 5.74) is 2.39. The molecular formula is C21H22N4O2. The third-order valence-electron chi connectivity index (χ3n) is 4.84. The second-order valence-electron chi connectivity index (χ2n) is 6.75. The Morgan fingerprint density at radius 2 is 1.63 bits per heavy atom. The first-order valence-electron chi connectivity index (χ1n) is 9.13. The Morgan fingerprint density at radius 1 is 0.926 bits per heavy atom. The molecule has 3 aromatic rings. The normalized spacial score (nSPS) is 15.0.